The number of hydrogen-bond donors (Lipinski definition) is 1. The molecule has 7 heteroatoms. The van der Waals surface area contributed by atoms with E-state index in [0.29, 0.717) is 13.0 Å². The molecular formula is C12H13ClN2O4. The molecule has 0 aromatic heterocycles. The molecule has 1 aliphatic heterocycles. The number of carbonyl (C=O) groups excluding carboxylic acids is 1. The lowest BCUT2D eigenvalue weighted by atomic mass is 10.1. The maximum absolute atomic E-state index is 12.3. The molecule has 1 aromatic rings. The fourth-order valence-electron chi connectivity index (χ4n) is 2.28. The summed E-state index contributed by atoms with van der Waals surface area (Å²) in [4.78, 5) is 24.2. The number of likely N-dealkylation sites (tertiary alicyclic amines) is 1. The van der Waals surface area contributed by atoms with Crippen LogP contribution in [0, 0.1) is 10.1 Å². The molecule has 0 spiro atoms. The van der Waals surface area contributed by atoms with Crippen LogP contribution in [0.1, 0.15) is 23.2 Å². The maximum Gasteiger partial charge on any atom is 0.283 e. The Morgan fingerprint density at radius 3 is 2.95 bits per heavy atom. The number of nitro groups is 1. The van der Waals surface area contributed by atoms with Crippen LogP contribution < -0.4 is 0 Å². The van der Waals surface area contributed by atoms with Crippen LogP contribution in [-0.4, -0.2) is 40.0 Å². The monoisotopic (exact) mass is 284 g/mol. The highest BCUT2D eigenvalue weighted by Gasteiger charge is 2.32. The smallest absolute Gasteiger partial charge is 0.283 e. The van der Waals surface area contributed by atoms with Gasteiger partial charge in [0.05, 0.1) is 17.6 Å². The van der Waals surface area contributed by atoms with E-state index in [2.05, 4.69) is 0 Å². The average Bonchev–Trinajstić information content (AvgIpc) is 2.86. The lowest BCUT2D eigenvalue weighted by Crippen LogP contribution is -2.37. The molecule has 1 heterocycles. The average molecular weight is 285 g/mol. The summed E-state index contributed by atoms with van der Waals surface area (Å²) in [5.41, 5.74) is -0.296. The maximum atomic E-state index is 12.3. The third kappa shape index (κ3) is 2.69. The van der Waals surface area contributed by atoms with Crippen LogP contribution in [0.4, 0.5) is 5.69 Å². The van der Waals surface area contributed by atoms with Crippen molar-refractivity contribution in [2.24, 2.45) is 0 Å². The summed E-state index contributed by atoms with van der Waals surface area (Å²) in [6, 6.07) is 3.71. The van der Waals surface area contributed by atoms with E-state index in [1.165, 1.54) is 23.1 Å². The minimum atomic E-state index is -0.622. The van der Waals surface area contributed by atoms with Gasteiger partial charge < -0.3 is 10.0 Å². The summed E-state index contributed by atoms with van der Waals surface area (Å²) in [6.07, 6.45) is 1.50. The highest BCUT2D eigenvalue weighted by molar-refractivity contribution is 6.31. The summed E-state index contributed by atoms with van der Waals surface area (Å²) >= 11 is 5.71. The first-order chi connectivity index (χ1) is 9.04. The molecule has 1 amide bonds. The summed E-state index contributed by atoms with van der Waals surface area (Å²) in [5, 5.41) is 20.4. The van der Waals surface area contributed by atoms with E-state index in [0.717, 1.165) is 6.42 Å². The molecule has 0 saturated carbocycles. The second-order valence-electron chi connectivity index (χ2n) is 4.40. The Bertz CT molecular complexity index is 520. The van der Waals surface area contributed by atoms with E-state index >= 15 is 0 Å². The van der Waals surface area contributed by atoms with Gasteiger partial charge in [-0.25, -0.2) is 0 Å². The minimum absolute atomic E-state index is 0.00903. The van der Waals surface area contributed by atoms with Crippen molar-refractivity contribution in [1.82, 2.24) is 4.90 Å². The van der Waals surface area contributed by atoms with Crippen LogP contribution in [0.3, 0.4) is 0 Å². The van der Waals surface area contributed by atoms with E-state index in [4.69, 9.17) is 11.6 Å². The van der Waals surface area contributed by atoms with Crippen LogP contribution >= 0.6 is 11.6 Å². The molecule has 6 nitrogen and oxygen atoms in total. The van der Waals surface area contributed by atoms with Gasteiger partial charge in [0.25, 0.3) is 11.6 Å². The third-order valence-corrected chi connectivity index (χ3v) is 3.47. The molecule has 1 atom stereocenters. The lowest BCUT2D eigenvalue weighted by Gasteiger charge is -2.22. The number of nitro benzene ring substituents is 1. The molecule has 0 bridgehead atoms. The minimum Gasteiger partial charge on any atom is -0.394 e. The van der Waals surface area contributed by atoms with Gasteiger partial charge in [-0.2, -0.15) is 0 Å². The van der Waals surface area contributed by atoms with Gasteiger partial charge in [-0.05, 0) is 25.0 Å². The van der Waals surface area contributed by atoms with E-state index in [1.54, 1.807) is 0 Å². The Morgan fingerprint density at radius 1 is 1.58 bits per heavy atom. The first-order valence-corrected chi connectivity index (χ1v) is 6.28. The predicted octanol–water partition coefficient (Wildman–Crippen LogP) is 1.85. The topological polar surface area (TPSA) is 83.7 Å². The van der Waals surface area contributed by atoms with E-state index < -0.39 is 10.8 Å². The second-order valence-corrected chi connectivity index (χ2v) is 4.83. The number of benzene rings is 1. The number of hydrogen-bond acceptors (Lipinski definition) is 4. The summed E-state index contributed by atoms with van der Waals surface area (Å²) in [6.45, 7) is 0.372. The summed E-state index contributed by atoms with van der Waals surface area (Å²) < 4.78 is 0. The third-order valence-electron chi connectivity index (χ3n) is 3.24. The molecule has 2 rings (SSSR count). The number of nitrogens with zero attached hydrogens (tertiary/aromatic N) is 2. The van der Waals surface area contributed by atoms with Crippen molar-refractivity contribution in [1.29, 1.82) is 0 Å². The molecular weight excluding hydrogens is 272 g/mol. The van der Waals surface area contributed by atoms with Crippen molar-refractivity contribution in [3.05, 3.63) is 38.9 Å². The van der Waals surface area contributed by atoms with Gasteiger partial charge in [0.1, 0.15) is 5.56 Å². The van der Waals surface area contributed by atoms with E-state index in [9.17, 15) is 20.0 Å². The number of rotatable bonds is 3. The molecule has 0 unspecified atom stereocenters. The molecule has 0 radical (unpaired) electrons. The number of aliphatic hydroxyl groups is 1. The number of aliphatic hydroxyl groups excluding tert-OH is 1. The zero-order chi connectivity index (χ0) is 14.0. The van der Waals surface area contributed by atoms with Gasteiger partial charge in [0.2, 0.25) is 0 Å². The van der Waals surface area contributed by atoms with Crippen molar-refractivity contribution in [2.45, 2.75) is 18.9 Å². The van der Waals surface area contributed by atoms with Gasteiger partial charge in [0.15, 0.2) is 0 Å². The molecule has 1 aromatic carbocycles. The van der Waals surface area contributed by atoms with Crippen molar-refractivity contribution in [2.75, 3.05) is 13.2 Å². The Balaban J connectivity index is 2.36. The first kappa shape index (κ1) is 13.8. The molecule has 102 valence electrons. The Morgan fingerprint density at radius 2 is 2.32 bits per heavy atom. The number of carbonyl (C=O) groups is 1. The summed E-state index contributed by atoms with van der Waals surface area (Å²) in [7, 11) is 0. The molecule has 0 aliphatic carbocycles. The van der Waals surface area contributed by atoms with Crippen LogP contribution in [0.25, 0.3) is 0 Å². The molecule has 1 aliphatic rings. The van der Waals surface area contributed by atoms with Gasteiger partial charge in [-0.3, -0.25) is 14.9 Å². The van der Waals surface area contributed by atoms with Gasteiger partial charge in [-0.15, -0.1) is 0 Å². The predicted molar refractivity (Wildman–Crippen MR) is 69.3 cm³/mol. The van der Waals surface area contributed by atoms with Crippen molar-refractivity contribution < 1.29 is 14.8 Å². The molecule has 19 heavy (non-hydrogen) atoms. The van der Waals surface area contributed by atoms with Crippen LogP contribution in [0.15, 0.2) is 18.2 Å². The Hall–Kier alpha value is -1.66. The number of halogens is 1. The molecule has 1 fully saturated rings. The van der Waals surface area contributed by atoms with Crippen LogP contribution in [-0.2, 0) is 0 Å². The van der Waals surface area contributed by atoms with Gasteiger partial charge in [0, 0.05) is 17.6 Å². The van der Waals surface area contributed by atoms with Gasteiger partial charge >= 0.3 is 0 Å². The van der Waals surface area contributed by atoms with Gasteiger partial charge in [-0.1, -0.05) is 11.6 Å². The largest absolute Gasteiger partial charge is 0.394 e. The Kier molecular flexibility index (Phi) is 4.01. The number of amides is 1. The van der Waals surface area contributed by atoms with Crippen LogP contribution in [0.2, 0.25) is 5.02 Å². The zero-order valence-corrected chi connectivity index (χ0v) is 10.8. The fourth-order valence-corrected chi connectivity index (χ4v) is 2.45. The fraction of sp³-hybridized carbons (Fsp3) is 0.417. The second kappa shape index (κ2) is 5.54. The van der Waals surface area contributed by atoms with Crippen molar-refractivity contribution in [3.8, 4) is 0 Å². The highest BCUT2D eigenvalue weighted by Crippen LogP contribution is 2.27. The first-order valence-electron chi connectivity index (χ1n) is 5.90. The quantitative estimate of drug-likeness (QED) is 0.678. The van der Waals surface area contributed by atoms with E-state index in [-0.39, 0.29) is 28.9 Å². The highest BCUT2D eigenvalue weighted by atomic mass is 35.5. The van der Waals surface area contributed by atoms with Crippen molar-refractivity contribution in [3.63, 3.8) is 0 Å². The zero-order valence-electron chi connectivity index (χ0n) is 10.1. The Labute approximate surface area is 114 Å². The van der Waals surface area contributed by atoms with Crippen LogP contribution in [0.5, 0.6) is 0 Å². The normalized spacial score (nSPS) is 18.6. The van der Waals surface area contributed by atoms with E-state index in [1.807, 2.05) is 0 Å². The molecule has 1 saturated heterocycles. The SMILES string of the molecule is O=C(c1ccc(Cl)cc1[N+](=O)[O-])N1CCC[C@H]1CO. The van der Waals surface area contributed by atoms with Crippen molar-refractivity contribution >= 4 is 23.2 Å². The summed E-state index contributed by atoms with van der Waals surface area (Å²) in [5.74, 6) is -0.431. The molecule has 1 N–H and O–H groups in total. The standard InChI is InChI=1S/C12H13ClN2O4/c13-8-3-4-10(11(6-8)15(18)19)12(17)14-5-1-2-9(14)7-16/h3-4,6,9,16H,1-2,5,7H2/t9-/m0/s1. The lowest BCUT2D eigenvalue weighted by molar-refractivity contribution is -0.385.